The molecule has 0 saturated carbocycles. The molecule has 1 atom stereocenters. The lowest BCUT2D eigenvalue weighted by atomic mass is 9.95. The van der Waals surface area contributed by atoms with Crippen LogP contribution in [0.3, 0.4) is 0 Å². The first-order valence-electron chi connectivity index (χ1n) is 8.44. The highest BCUT2D eigenvalue weighted by Gasteiger charge is 2.34. The van der Waals surface area contributed by atoms with Gasteiger partial charge < -0.3 is 10.1 Å². The number of carbonyl (C=O) groups is 1. The Labute approximate surface area is 154 Å². The van der Waals surface area contributed by atoms with Crippen LogP contribution in [-0.2, 0) is 9.53 Å². The van der Waals surface area contributed by atoms with Crippen LogP contribution in [0.4, 0.5) is 13.2 Å². The van der Waals surface area contributed by atoms with Crippen molar-refractivity contribution in [3.63, 3.8) is 0 Å². The molecule has 8 heteroatoms. The second-order valence-corrected chi connectivity index (χ2v) is 6.14. The summed E-state index contributed by atoms with van der Waals surface area (Å²) in [6.07, 6.45) is 2.42. The summed E-state index contributed by atoms with van der Waals surface area (Å²) < 4.78 is 46.6. The van der Waals surface area contributed by atoms with Crippen LogP contribution in [0.2, 0.25) is 0 Å². The Morgan fingerprint density at radius 1 is 1.26 bits per heavy atom. The number of benzene rings is 1. The van der Waals surface area contributed by atoms with Crippen molar-refractivity contribution in [1.29, 1.82) is 0 Å². The molecule has 0 saturated heterocycles. The molecular formula is C19H18F3N3O2. The molecule has 142 valence electrons. The van der Waals surface area contributed by atoms with Gasteiger partial charge in [-0.15, -0.1) is 0 Å². The SMILES string of the molecule is CCOC(=O)C1=C(C)NC(C2=NC(C)=CC2)=NC1c1ccc(F)c(F)c1F. The molecule has 0 fully saturated rings. The van der Waals surface area contributed by atoms with Gasteiger partial charge in [0.15, 0.2) is 17.5 Å². The summed E-state index contributed by atoms with van der Waals surface area (Å²) >= 11 is 0. The van der Waals surface area contributed by atoms with E-state index in [0.29, 0.717) is 23.7 Å². The van der Waals surface area contributed by atoms with E-state index < -0.39 is 29.5 Å². The highest BCUT2D eigenvalue weighted by molar-refractivity contribution is 6.43. The summed E-state index contributed by atoms with van der Waals surface area (Å²) in [7, 11) is 0. The van der Waals surface area contributed by atoms with Gasteiger partial charge >= 0.3 is 5.97 Å². The Hall–Kier alpha value is -2.90. The van der Waals surface area contributed by atoms with Crippen LogP contribution < -0.4 is 5.32 Å². The Bertz CT molecular complexity index is 932. The smallest absolute Gasteiger partial charge is 0.338 e. The summed E-state index contributed by atoms with van der Waals surface area (Å²) in [5.41, 5.74) is 1.60. The maximum absolute atomic E-state index is 14.4. The average Bonchev–Trinajstić information content (AvgIpc) is 3.06. The van der Waals surface area contributed by atoms with Crippen LogP contribution in [-0.4, -0.2) is 24.1 Å². The lowest BCUT2D eigenvalue weighted by Crippen LogP contribution is -2.36. The van der Waals surface area contributed by atoms with Crippen molar-refractivity contribution in [1.82, 2.24) is 5.32 Å². The summed E-state index contributed by atoms with van der Waals surface area (Å²) in [4.78, 5) is 21.2. The molecule has 0 bridgehead atoms. The summed E-state index contributed by atoms with van der Waals surface area (Å²) in [5.74, 6) is -4.67. The lowest BCUT2D eigenvalue weighted by molar-refractivity contribution is -0.138. The molecule has 0 spiro atoms. The first-order chi connectivity index (χ1) is 12.8. The molecule has 0 aromatic heterocycles. The Morgan fingerprint density at radius 2 is 2.00 bits per heavy atom. The van der Waals surface area contributed by atoms with Crippen molar-refractivity contribution in [3.05, 3.63) is 58.2 Å². The maximum Gasteiger partial charge on any atom is 0.338 e. The number of ether oxygens (including phenoxy) is 1. The van der Waals surface area contributed by atoms with Crippen LogP contribution >= 0.6 is 0 Å². The van der Waals surface area contributed by atoms with Gasteiger partial charge in [-0.1, -0.05) is 12.1 Å². The Balaban J connectivity index is 2.12. The fourth-order valence-electron chi connectivity index (χ4n) is 2.97. The van der Waals surface area contributed by atoms with E-state index >= 15 is 0 Å². The predicted molar refractivity (Wildman–Crippen MR) is 94.8 cm³/mol. The third kappa shape index (κ3) is 3.51. The van der Waals surface area contributed by atoms with Gasteiger partial charge in [-0.2, -0.15) is 0 Å². The number of rotatable bonds is 4. The van der Waals surface area contributed by atoms with E-state index in [0.717, 1.165) is 17.8 Å². The molecule has 2 aliphatic heterocycles. The fraction of sp³-hybridized carbons (Fsp3) is 0.316. The first-order valence-corrected chi connectivity index (χ1v) is 8.44. The van der Waals surface area contributed by atoms with Crippen molar-refractivity contribution >= 4 is 17.5 Å². The average molecular weight is 377 g/mol. The van der Waals surface area contributed by atoms with Gasteiger partial charge in [-0.05, 0) is 26.8 Å². The number of aliphatic imine (C=N–C) groups is 2. The van der Waals surface area contributed by atoms with Crippen molar-refractivity contribution < 1.29 is 22.7 Å². The second-order valence-electron chi connectivity index (χ2n) is 6.14. The van der Waals surface area contributed by atoms with Gasteiger partial charge in [0.1, 0.15) is 11.9 Å². The van der Waals surface area contributed by atoms with Crippen LogP contribution in [0.5, 0.6) is 0 Å². The van der Waals surface area contributed by atoms with Crippen LogP contribution in [0, 0.1) is 17.5 Å². The number of nitrogens with one attached hydrogen (secondary N) is 1. The third-order valence-electron chi connectivity index (χ3n) is 4.27. The van der Waals surface area contributed by atoms with Crippen molar-refractivity contribution in [2.45, 2.75) is 33.2 Å². The largest absolute Gasteiger partial charge is 0.463 e. The molecule has 1 N–H and O–H groups in total. The molecule has 1 aromatic rings. The number of esters is 1. The number of amidine groups is 1. The monoisotopic (exact) mass is 377 g/mol. The lowest BCUT2D eigenvalue weighted by Gasteiger charge is -2.26. The molecule has 3 rings (SSSR count). The van der Waals surface area contributed by atoms with Gasteiger partial charge in [-0.25, -0.2) is 18.0 Å². The summed E-state index contributed by atoms with van der Waals surface area (Å²) in [5, 5.41) is 2.99. The number of nitrogens with zero attached hydrogens (tertiary/aromatic N) is 2. The molecule has 2 aliphatic rings. The maximum atomic E-state index is 14.4. The van der Waals surface area contributed by atoms with Gasteiger partial charge in [0.05, 0.1) is 17.9 Å². The van der Waals surface area contributed by atoms with E-state index in [9.17, 15) is 18.0 Å². The van der Waals surface area contributed by atoms with Crippen LogP contribution in [0.1, 0.15) is 38.8 Å². The standard InChI is InChI=1S/C19H18F3N3O2/c1-4-27-19(26)14-10(3)24-18(13-8-5-9(2)23-13)25-17(14)11-6-7-12(20)16(22)15(11)21/h5-7,17H,4,8H2,1-3H3,(H,24,25). The van der Waals surface area contributed by atoms with E-state index in [1.165, 1.54) is 0 Å². The van der Waals surface area contributed by atoms with Crippen LogP contribution in [0.15, 0.2) is 45.2 Å². The number of hydrogen-bond donors (Lipinski definition) is 1. The molecule has 5 nitrogen and oxygen atoms in total. The van der Waals surface area contributed by atoms with Crippen molar-refractivity contribution in [3.8, 4) is 0 Å². The van der Waals surface area contributed by atoms with E-state index in [1.807, 2.05) is 13.0 Å². The molecule has 2 heterocycles. The van der Waals surface area contributed by atoms with Crippen molar-refractivity contribution in [2.24, 2.45) is 9.98 Å². The zero-order valence-corrected chi connectivity index (χ0v) is 15.1. The Morgan fingerprint density at radius 3 is 2.63 bits per heavy atom. The molecule has 1 unspecified atom stereocenters. The molecule has 1 aromatic carbocycles. The van der Waals surface area contributed by atoms with Gasteiger partial charge in [0.25, 0.3) is 0 Å². The quantitative estimate of drug-likeness (QED) is 0.642. The zero-order chi connectivity index (χ0) is 19.7. The minimum atomic E-state index is -1.61. The minimum Gasteiger partial charge on any atom is -0.463 e. The van der Waals surface area contributed by atoms with E-state index in [2.05, 4.69) is 15.3 Å². The number of hydrogen-bond acceptors (Lipinski definition) is 5. The highest BCUT2D eigenvalue weighted by atomic mass is 19.2. The van der Waals surface area contributed by atoms with E-state index in [4.69, 9.17) is 4.74 Å². The fourth-order valence-corrected chi connectivity index (χ4v) is 2.97. The van der Waals surface area contributed by atoms with E-state index in [1.54, 1.807) is 13.8 Å². The minimum absolute atomic E-state index is 0.0359. The predicted octanol–water partition coefficient (Wildman–Crippen LogP) is 3.73. The van der Waals surface area contributed by atoms with E-state index in [-0.39, 0.29) is 17.7 Å². The topological polar surface area (TPSA) is 63.0 Å². The molecule has 27 heavy (non-hydrogen) atoms. The highest BCUT2D eigenvalue weighted by Crippen LogP contribution is 2.34. The molecule has 0 radical (unpaired) electrons. The zero-order valence-electron chi connectivity index (χ0n) is 15.1. The number of allylic oxidation sites excluding steroid dienone is 3. The first kappa shape index (κ1) is 18.9. The number of halogens is 3. The summed E-state index contributed by atoms with van der Waals surface area (Å²) in [6, 6.07) is 0.707. The molecule has 0 amide bonds. The van der Waals surface area contributed by atoms with Crippen molar-refractivity contribution in [2.75, 3.05) is 6.61 Å². The second kappa shape index (κ2) is 7.38. The molecule has 0 aliphatic carbocycles. The summed E-state index contributed by atoms with van der Waals surface area (Å²) in [6.45, 7) is 5.18. The van der Waals surface area contributed by atoms with Gasteiger partial charge in [-0.3, -0.25) is 9.98 Å². The normalized spacial score (nSPS) is 19.3. The van der Waals surface area contributed by atoms with Gasteiger partial charge in [0.2, 0.25) is 0 Å². The van der Waals surface area contributed by atoms with Crippen LogP contribution in [0.25, 0.3) is 0 Å². The van der Waals surface area contributed by atoms with Gasteiger partial charge in [0, 0.05) is 23.4 Å². The third-order valence-corrected chi connectivity index (χ3v) is 4.27. The molecular weight excluding hydrogens is 359 g/mol. The number of carbonyl (C=O) groups excluding carboxylic acids is 1. The Kier molecular flexibility index (Phi) is 5.16.